The molecule has 3 aromatic rings. The Bertz CT molecular complexity index is 913. The zero-order valence-electron chi connectivity index (χ0n) is 18.1. The van der Waals surface area contributed by atoms with E-state index in [1.165, 1.54) is 5.56 Å². The number of aromatic nitrogens is 2. The SMILES string of the molecule is Cc1nc2cccc(OCC(O)CNC(C)(C)CCc3ccccc3)n2c1C.Cl.Cl. The molecule has 2 N–H and O–H groups in total. The number of fused-ring (bicyclic) bond motifs is 1. The standard InChI is InChI=1S/C23H31N3O2.2ClH/c1-17-18(2)26-21(25-17)11-8-12-22(26)28-16-20(27)15-24-23(3,4)14-13-19-9-6-5-7-10-19;;/h5-12,20,24,27H,13-16H2,1-4H3;2*1H. The van der Waals surface area contributed by atoms with Gasteiger partial charge >= 0.3 is 0 Å². The van der Waals surface area contributed by atoms with Crippen molar-refractivity contribution < 1.29 is 9.84 Å². The Hall–Kier alpha value is -1.79. The zero-order chi connectivity index (χ0) is 20.1. The molecular formula is C23H33Cl2N3O2. The molecular weight excluding hydrogens is 421 g/mol. The highest BCUT2D eigenvalue weighted by atomic mass is 35.5. The summed E-state index contributed by atoms with van der Waals surface area (Å²) in [5, 5.41) is 13.9. The molecule has 2 aromatic heterocycles. The highest BCUT2D eigenvalue weighted by Crippen LogP contribution is 2.19. The summed E-state index contributed by atoms with van der Waals surface area (Å²) in [6, 6.07) is 16.3. The number of rotatable bonds is 9. The van der Waals surface area contributed by atoms with Crippen LogP contribution < -0.4 is 10.1 Å². The van der Waals surface area contributed by atoms with Gasteiger partial charge in [0.05, 0.1) is 5.69 Å². The summed E-state index contributed by atoms with van der Waals surface area (Å²) in [4.78, 5) is 4.52. The van der Waals surface area contributed by atoms with E-state index in [2.05, 4.69) is 48.4 Å². The first kappa shape index (κ1) is 26.2. The highest BCUT2D eigenvalue weighted by molar-refractivity contribution is 5.85. The van der Waals surface area contributed by atoms with Crippen molar-refractivity contribution in [1.29, 1.82) is 0 Å². The molecule has 5 nitrogen and oxygen atoms in total. The Balaban J connectivity index is 0.00000225. The van der Waals surface area contributed by atoms with Gasteiger partial charge in [-0.25, -0.2) is 4.98 Å². The van der Waals surface area contributed by atoms with Gasteiger partial charge in [0.2, 0.25) is 0 Å². The van der Waals surface area contributed by atoms with Crippen LogP contribution in [0, 0.1) is 13.8 Å². The summed E-state index contributed by atoms with van der Waals surface area (Å²) in [6.45, 7) is 9.07. The number of nitrogens with one attached hydrogen (secondary N) is 1. The van der Waals surface area contributed by atoms with Gasteiger partial charge in [-0.3, -0.25) is 4.40 Å². The van der Waals surface area contributed by atoms with Gasteiger partial charge in [-0.1, -0.05) is 36.4 Å². The van der Waals surface area contributed by atoms with Crippen LogP contribution in [0.5, 0.6) is 5.88 Å². The van der Waals surface area contributed by atoms with Gasteiger partial charge in [-0.15, -0.1) is 24.8 Å². The van der Waals surface area contributed by atoms with Gasteiger partial charge in [-0.2, -0.15) is 0 Å². The third-order valence-electron chi connectivity index (χ3n) is 5.20. The molecule has 3 rings (SSSR count). The molecule has 0 aliphatic heterocycles. The van der Waals surface area contributed by atoms with Crippen LogP contribution in [0.4, 0.5) is 0 Å². The second-order valence-electron chi connectivity index (χ2n) is 8.06. The summed E-state index contributed by atoms with van der Waals surface area (Å²) in [5.74, 6) is 0.706. The molecule has 0 aliphatic rings. The van der Waals surface area contributed by atoms with E-state index < -0.39 is 6.10 Å². The summed E-state index contributed by atoms with van der Waals surface area (Å²) >= 11 is 0. The number of aryl methyl sites for hydroxylation is 3. The number of pyridine rings is 1. The first-order chi connectivity index (χ1) is 13.4. The maximum Gasteiger partial charge on any atom is 0.199 e. The number of aliphatic hydroxyl groups excluding tert-OH is 1. The predicted molar refractivity (Wildman–Crippen MR) is 128 cm³/mol. The fraction of sp³-hybridized carbons (Fsp3) is 0.435. The lowest BCUT2D eigenvalue weighted by molar-refractivity contribution is 0.0952. The van der Waals surface area contributed by atoms with Crippen LogP contribution in [0.15, 0.2) is 48.5 Å². The second-order valence-corrected chi connectivity index (χ2v) is 8.06. The minimum absolute atomic E-state index is 0. The number of ether oxygens (including phenoxy) is 1. The van der Waals surface area contributed by atoms with Gasteiger partial charge in [0.25, 0.3) is 0 Å². The lowest BCUT2D eigenvalue weighted by atomic mass is 9.95. The van der Waals surface area contributed by atoms with Crippen molar-refractivity contribution in [2.45, 2.75) is 52.2 Å². The Morgan fingerprint density at radius 2 is 1.77 bits per heavy atom. The van der Waals surface area contributed by atoms with Crippen molar-refractivity contribution in [3.8, 4) is 5.88 Å². The fourth-order valence-electron chi connectivity index (χ4n) is 3.25. The van der Waals surface area contributed by atoms with Crippen LogP contribution in [-0.2, 0) is 6.42 Å². The topological polar surface area (TPSA) is 58.8 Å². The first-order valence-corrected chi connectivity index (χ1v) is 9.90. The van der Waals surface area contributed by atoms with Crippen LogP contribution >= 0.6 is 24.8 Å². The number of β-amino-alcohol motifs (C(OH)–C–C–N with tert-alkyl or cyclic N) is 1. The molecule has 1 unspecified atom stereocenters. The predicted octanol–water partition coefficient (Wildman–Crippen LogP) is 4.54. The molecule has 0 aliphatic carbocycles. The van der Waals surface area contributed by atoms with E-state index in [0.29, 0.717) is 12.4 Å². The van der Waals surface area contributed by atoms with E-state index in [-0.39, 0.29) is 37.0 Å². The van der Waals surface area contributed by atoms with Gasteiger partial charge < -0.3 is 15.2 Å². The first-order valence-electron chi connectivity index (χ1n) is 9.90. The van der Waals surface area contributed by atoms with E-state index in [9.17, 15) is 5.11 Å². The van der Waals surface area contributed by atoms with E-state index in [4.69, 9.17) is 4.74 Å². The maximum absolute atomic E-state index is 10.4. The Morgan fingerprint density at radius 1 is 1.07 bits per heavy atom. The molecule has 0 saturated heterocycles. The highest BCUT2D eigenvalue weighted by Gasteiger charge is 2.19. The van der Waals surface area contributed by atoms with Crippen molar-refractivity contribution in [2.24, 2.45) is 0 Å². The Labute approximate surface area is 191 Å². The molecule has 1 aromatic carbocycles. The van der Waals surface area contributed by atoms with E-state index in [0.717, 1.165) is 29.9 Å². The molecule has 0 radical (unpaired) electrons. The molecule has 30 heavy (non-hydrogen) atoms. The molecule has 166 valence electrons. The molecule has 0 bridgehead atoms. The maximum atomic E-state index is 10.4. The number of halogens is 2. The van der Waals surface area contributed by atoms with E-state index >= 15 is 0 Å². The van der Waals surface area contributed by atoms with Crippen molar-refractivity contribution in [1.82, 2.24) is 14.7 Å². The van der Waals surface area contributed by atoms with Gasteiger partial charge in [0.1, 0.15) is 18.4 Å². The summed E-state index contributed by atoms with van der Waals surface area (Å²) in [7, 11) is 0. The number of hydrogen-bond donors (Lipinski definition) is 2. The number of benzene rings is 1. The molecule has 0 fully saturated rings. The second kappa shape index (κ2) is 11.6. The smallest absolute Gasteiger partial charge is 0.199 e. The third kappa shape index (κ3) is 6.88. The third-order valence-corrected chi connectivity index (χ3v) is 5.20. The van der Waals surface area contributed by atoms with Crippen molar-refractivity contribution in [2.75, 3.05) is 13.2 Å². The van der Waals surface area contributed by atoms with E-state index in [1.807, 2.05) is 42.5 Å². The van der Waals surface area contributed by atoms with Crippen LogP contribution in [0.3, 0.4) is 0 Å². The van der Waals surface area contributed by atoms with Crippen molar-refractivity contribution in [3.63, 3.8) is 0 Å². The van der Waals surface area contributed by atoms with Crippen LogP contribution in [0.2, 0.25) is 0 Å². The fourth-order valence-corrected chi connectivity index (χ4v) is 3.25. The van der Waals surface area contributed by atoms with Crippen molar-refractivity contribution in [3.05, 3.63) is 65.5 Å². The van der Waals surface area contributed by atoms with Gasteiger partial charge in [-0.05, 0) is 58.2 Å². The van der Waals surface area contributed by atoms with Crippen LogP contribution in [0.1, 0.15) is 37.2 Å². The average molecular weight is 454 g/mol. The summed E-state index contributed by atoms with van der Waals surface area (Å²) in [6.07, 6.45) is 1.42. The minimum atomic E-state index is -0.587. The summed E-state index contributed by atoms with van der Waals surface area (Å²) in [5.41, 5.74) is 4.18. The van der Waals surface area contributed by atoms with Gasteiger partial charge in [0.15, 0.2) is 5.88 Å². The Kier molecular flexibility index (Phi) is 10.1. The largest absolute Gasteiger partial charge is 0.476 e. The van der Waals surface area contributed by atoms with Crippen LogP contribution in [-0.4, -0.2) is 39.3 Å². The zero-order valence-corrected chi connectivity index (χ0v) is 19.7. The van der Waals surface area contributed by atoms with E-state index in [1.54, 1.807) is 0 Å². The minimum Gasteiger partial charge on any atom is -0.476 e. The summed E-state index contributed by atoms with van der Waals surface area (Å²) < 4.78 is 7.89. The normalized spacial score (nSPS) is 12.2. The molecule has 2 heterocycles. The lowest BCUT2D eigenvalue weighted by Crippen LogP contribution is -2.45. The lowest BCUT2D eigenvalue weighted by Gasteiger charge is -2.28. The monoisotopic (exact) mass is 453 g/mol. The quantitative estimate of drug-likeness (QED) is 0.499. The van der Waals surface area contributed by atoms with Gasteiger partial charge in [0, 0.05) is 17.8 Å². The number of aliphatic hydroxyl groups is 1. The molecule has 0 amide bonds. The molecule has 7 heteroatoms. The molecule has 1 atom stereocenters. The molecule has 0 spiro atoms. The Morgan fingerprint density at radius 3 is 2.47 bits per heavy atom. The molecule has 0 saturated carbocycles. The van der Waals surface area contributed by atoms with Crippen LogP contribution in [0.25, 0.3) is 5.65 Å². The average Bonchev–Trinajstić information content (AvgIpc) is 2.98. The number of nitrogens with zero attached hydrogens (tertiary/aromatic N) is 2. The number of hydrogen-bond acceptors (Lipinski definition) is 4. The van der Waals surface area contributed by atoms with Crippen molar-refractivity contribution >= 4 is 30.5 Å². The number of imidazole rings is 1.